The second-order valence-electron chi connectivity index (χ2n) is 4.67. The molecule has 2 aromatic rings. The summed E-state index contributed by atoms with van der Waals surface area (Å²) in [6.07, 6.45) is 1.10. The molecule has 0 bridgehead atoms. The van der Waals surface area contributed by atoms with Crippen LogP contribution in [0.2, 0.25) is 0 Å². The summed E-state index contributed by atoms with van der Waals surface area (Å²) in [4.78, 5) is 12.9. The second kappa shape index (κ2) is 6.64. The molecule has 1 amide bonds. The van der Waals surface area contributed by atoms with Gasteiger partial charge >= 0.3 is 0 Å². The summed E-state index contributed by atoms with van der Waals surface area (Å²) in [5.74, 6) is -0.263. The zero-order valence-corrected chi connectivity index (χ0v) is 14.5. The first-order chi connectivity index (χ1) is 10.8. The Morgan fingerprint density at radius 3 is 2.61 bits per heavy atom. The number of anilines is 1. The number of carbonyl (C=O) groups is 1. The van der Waals surface area contributed by atoms with Crippen LogP contribution in [-0.2, 0) is 21.1 Å². The van der Waals surface area contributed by atoms with Gasteiger partial charge in [0, 0.05) is 30.9 Å². The van der Waals surface area contributed by atoms with Crippen LogP contribution in [0, 0.1) is 6.92 Å². The smallest absolute Gasteiger partial charge is 0.258 e. The summed E-state index contributed by atoms with van der Waals surface area (Å²) in [7, 11) is -0.437. The molecule has 1 aromatic carbocycles. The van der Waals surface area contributed by atoms with Crippen molar-refractivity contribution in [2.75, 3.05) is 18.7 Å². The molecule has 11 heteroatoms. The van der Waals surface area contributed by atoms with E-state index in [4.69, 9.17) is 4.18 Å². The molecule has 1 N–H and O–H groups in total. The number of hydrogen-bond donors (Lipinski definition) is 1. The van der Waals surface area contributed by atoms with Crippen molar-refractivity contribution in [2.45, 2.75) is 16.7 Å². The van der Waals surface area contributed by atoms with Crippen molar-refractivity contribution in [3.8, 4) is 0 Å². The Hall–Kier alpha value is -1.98. The van der Waals surface area contributed by atoms with Crippen LogP contribution in [0.1, 0.15) is 15.9 Å². The first kappa shape index (κ1) is 17.4. The van der Waals surface area contributed by atoms with Crippen molar-refractivity contribution in [3.05, 3.63) is 23.3 Å². The molecule has 1 aromatic heterocycles. The van der Waals surface area contributed by atoms with Crippen molar-refractivity contribution in [2.24, 2.45) is 7.05 Å². The number of rotatable bonds is 5. The highest BCUT2D eigenvalue weighted by Gasteiger charge is 2.22. The molecule has 0 aliphatic heterocycles. The van der Waals surface area contributed by atoms with E-state index in [1.165, 1.54) is 23.9 Å². The zero-order valence-electron chi connectivity index (χ0n) is 12.9. The molecule has 0 aliphatic carbocycles. The Kier molecular flexibility index (Phi) is 5.02. The molecular formula is C12H15N5O4S2. The largest absolute Gasteiger partial charge is 0.314 e. The number of sulfone groups is 1. The minimum absolute atomic E-state index is 0.110. The maximum Gasteiger partial charge on any atom is 0.258 e. The summed E-state index contributed by atoms with van der Waals surface area (Å²) in [6.45, 7) is 1.65. The van der Waals surface area contributed by atoms with E-state index in [0.29, 0.717) is 16.0 Å². The van der Waals surface area contributed by atoms with E-state index in [1.807, 2.05) is 0 Å². The lowest BCUT2D eigenvalue weighted by atomic mass is 10.1. The van der Waals surface area contributed by atoms with Crippen LogP contribution in [0.15, 0.2) is 21.9 Å². The van der Waals surface area contributed by atoms with Crippen molar-refractivity contribution in [1.82, 2.24) is 20.2 Å². The van der Waals surface area contributed by atoms with Gasteiger partial charge in [0.1, 0.15) is 0 Å². The first-order valence-corrected chi connectivity index (χ1v) is 8.97. The molecule has 2 rings (SSSR count). The molecule has 0 atom stereocenters. The summed E-state index contributed by atoms with van der Waals surface area (Å²) in [6, 6.07) is 2.83. The van der Waals surface area contributed by atoms with Crippen molar-refractivity contribution < 1.29 is 17.4 Å². The van der Waals surface area contributed by atoms with Gasteiger partial charge in [-0.3, -0.25) is 10.1 Å². The molecule has 124 valence electrons. The Morgan fingerprint density at radius 1 is 1.39 bits per heavy atom. The lowest BCUT2D eigenvalue weighted by Gasteiger charge is -2.13. The topological polar surface area (TPSA) is 116 Å². The van der Waals surface area contributed by atoms with Crippen molar-refractivity contribution in [1.29, 1.82) is 0 Å². The Bertz CT molecular complexity index is 847. The molecule has 0 saturated heterocycles. The molecule has 0 saturated carbocycles. The molecule has 0 radical (unpaired) electrons. The van der Waals surface area contributed by atoms with E-state index in [0.717, 1.165) is 18.3 Å². The molecule has 9 nitrogen and oxygen atoms in total. The predicted molar refractivity (Wildman–Crippen MR) is 83.9 cm³/mol. The third-order valence-electron chi connectivity index (χ3n) is 3.03. The van der Waals surface area contributed by atoms with Crippen LogP contribution in [-0.4, -0.2) is 47.9 Å². The van der Waals surface area contributed by atoms with Gasteiger partial charge in [-0.2, -0.15) is 0 Å². The lowest BCUT2D eigenvalue weighted by molar-refractivity contribution is 0.102. The van der Waals surface area contributed by atoms with Gasteiger partial charge in [-0.1, -0.05) is 5.10 Å². The first-order valence-electron chi connectivity index (χ1n) is 6.33. The standard InChI is InChI=1S/C12H15N5O4S2/c1-7-8(11(18)13-12-14-15-16-17(12)2)5-6-9(23(4,19)20)10(7)22-21-3/h5-6H,1-4H3,(H,13,14,16,18). The van der Waals surface area contributed by atoms with E-state index in [1.54, 1.807) is 14.0 Å². The van der Waals surface area contributed by atoms with Crippen LogP contribution in [0.5, 0.6) is 0 Å². The molecular weight excluding hydrogens is 342 g/mol. The second-order valence-corrected chi connectivity index (χ2v) is 7.56. The van der Waals surface area contributed by atoms with E-state index in [2.05, 4.69) is 20.8 Å². The number of nitrogens with one attached hydrogen (secondary N) is 1. The molecule has 0 spiro atoms. The van der Waals surface area contributed by atoms with Crippen LogP contribution in [0.3, 0.4) is 0 Å². The number of aromatic nitrogens is 4. The number of hydrogen-bond acceptors (Lipinski definition) is 8. The number of carbonyl (C=O) groups excluding carboxylic acids is 1. The lowest BCUT2D eigenvalue weighted by Crippen LogP contribution is -2.17. The number of nitrogens with zero attached hydrogens (tertiary/aromatic N) is 4. The van der Waals surface area contributed by atoms with Gasteiger partial charge in [0.05, 0.1) is 16.9 Å². The van der Waals surface area contributed by atoms with Crippen molar-refractivity contribution in [3.63, 3.8) is 0 Å². The third kappa shape index (κ3) is 3.68. The van der Waals surface area contributed by atoms with Crippen molar-refractivity contribution >= 4 is 33.7 Å². The minimum Gasteiger partial charge on any atom is -0.314 e. The summed E-state index contributed by atoms with van der Waals surface area (Å²) in [5, 5.41) is 13.3. The fourth-order valence-corrected chi connectivity index (χ4v) is 3.81. The molecule has 0 fully saturated rings. The van der Waals surface area contributed by atoms with Gasteiger partial charge in [0.15, 0.2) is 9.84 Å². The minimum atomic E-state index is -3.45. The maximum absolute atomic E-state index is 12.4. The van der Waals surface area contributed by atoms with Gasteiger partial charge in [0.2, 0.25) is 5.95 Å². The highest BCUT2D eigenvalue weighted by Crippen LogP contribution is 2.32. The van der Waals surface area contributed by atoms with E-state index in [9.17, 15) is 13.2 Å². The van der Waals surface area contributed by atoms with Gasteiger partial charge in [-0.25, -0.2) is 13.1 Å². The van der Waals surface area contributed by atoms with Gasteiger partial charge < -0.3 is 4.18 Å². The highest BCUT2D eigenvalue weighted by molar-refractivity contribution is 7.96. The van der Waals surface area contributed by atoms with Crippen LogP contribution < -0.4 is 5.32 Å². The highest BCUT2D eigenvalue weighted by atomic mass is 32.2. The zero-order chi connectivity index (χ0) is 17.2. The third-order valence-corrected chi connectivity index (χ3v) is 5.15. The van der Waals surface area contributed by atoms with E-state index < -0.39 is 15.7 Å². The monoisotopic (exact) mass is 357 g/mol. The van der Waals surface area contributed by atoms with Gasteiger partial charge in [0.25, 0.3) is 5.91 Å². The predicted octanol–water partition coefficient (Wildman–Crippen LogP) is 0.828. The van der Waals surface area contributed by atoms with Gasteiger partial charge in [-0.05, 0) is 35.0 Å². The molecule has 0 unspecified atom stereocenters. The summed E-state index contributed by atoms with van der Waals surface area (Å²) >= 11 is 0.893. The van der Waals surface area contributed by atoms with E-state index >= 15 is 0 Å². The molecule has 1 heterocycles. The fraction of sp³-hybridized carbons (Fsp3) is 0.333. The SMILES string of the molecule is COSc1c(S(C)(=O)=O)ccc(C(=O)Nc2nnnn2C)c1C. The Morgan fingerprint density at radius 2 is 2.09 bits per heavy atom. The fourth-order valence-electron chi connectivity index (χ4n) is 1.90. The number of benzene rings is 1. The number of aryl methyl sites for hydroxylation is 1. The number of tetrazole rings is 1. The van der Waals surface area contributed by atoms with Crippen LogP contribution in [0.4, 0.5) is 5.95 Å². The average molecular weight is 357 g/mol. The number of amides is 1. The maximum atomic E-state index is 12.4. The Labute approximate surface area is 137 Å². The quantitative estimate of drug-likeness (QED) is 0.782. The normalized spacial score (nSPS) is 11.5. The van der Waals surface area contributed by atoms with Gasteiger partial charge in [-0.15, -0.1) is 0 Å². The summed E-state index contributed by atoms with van der Waals surface area (Å²) < 4.78 is 30.0. The Balaban J connectivity index is 2.46. The summed E-state index contributed by atoms with van der Waals surface area (Å²) in [5.41, 5.74) is 0.798. The van der Waals surface area contributed by atoms with Crippen LogP contribution in [0.25, 0.3) is 0 Å². The average Bonchev–Trinajstić information content (AvgIpc) is 2.85. The van der Waals surface area contributed by atoms with Crippen LogP contribution >= 0.6 is 12.0 Å². The van der Waals surface area contributed by atoms with E-state index in [-0.39, 0.29) is 10.8 Å². The molecule has 23 heavy (non-hydrogen) atoms. The molecule has 0 aliphatic rings.